The van der Waals surface area contributed by atoms with Crippen molar-refractivity contribution in [2.75, 3.05) is 20.3 Å². The van der Waals surface area contributed by atoms with Gasteiger partial charge in [0.15, 0.2) is 0 Å². The van der Waals surface area contributed by atoms with Crippen LogP contribution in [0.2, 0.25) is 0 Å². The number of hydrogen-bond acceptors (Lipinski definition) is 5. The van der Waals surface area contributed by atoms with Crippen LogP contribution >= 0.6 is 0 Å². The van der Waals surface area contributed by atoms with Gasteiger partial charge in [0.1, 0.15) is 0 Å². The predicted octanol–water partition coefficient (Wildman–Crippen LogP) is 1.16. The number of esters is 1. The van der Waals surface area contributed by atoms with Crippen molar-refractivity contribution in [3.05, 3.63) is 29.8 Å². The van der Waals surface area contributed by atoms with Crippen LogP contribution in [-0.2, 0) is 14.8 Å². The second-order valence-electron chi connectivity index (χ2n) is 4.85. The van der Waals surface area contributed by atoms with Crippen LogP contribution in [0.1, 0.15) is 30.1 Å². The van der Waals surface area contributed by atoms with Crippen LogP contribution in [0.4, 0.5) is 0 Å². The second-order valence-corrected chi connectivity index (χ2v) is 6.61. The zero-order valence-electron chi connectivity index (χ0n) is 12.2. The average Bonchev–Trinajstić information content (AvgIpc) is 2.50. The molecule has 1 aromatic rings. The summed E-state index contributed by atoms with van der Waals surface area (Å²) < 4.78 is 31.2. The standard InChI is InChI=1S/C14H21NO5S/c1-11(10-16)5-4-8-15-21(18,19)13-7-3-6-12(9-13)14(17)20-2/h3,6-7,9,11,15-16H,4-5,8,10H2,1-2H3. The summed E-state index contributed by atoms with van der Waals surface area (Å²) in [5, 5.41) is 8.90. The van der Waals surface area contributed by atoms with Crippen LogP contribution in [0.25, 0.3) is 0 Å². The maximum absolute atomic E-state index is 12.1. The highest BCUT2D eigenvalue weighted by molar-refractivity contribution is 7.89. The minimum atomic E-state index is -3.65. The zero-order valence-corrected chi connectivity index (χ0v) is 13.0. The predicted molar refractivity (Wildman–Crippen MR) is 78.5 cm³/mol. The van der Waals surface area contributed by atoms with Gasteiger partial charge in [-0.3, -0.25) is 0 Å². The Hall–Kier alpha value is -1.44. The summed E-state index contributed by atoms with van der Waals surface area (Å²) in [5.41, 5.74) is 0.189. The molecular weight excluding hydrogens is 294 g/mol. The van der Waals surface area contributed by atoms with Gasteiger partial charge in [0.2, 0.25) is 10.0 Å². The molecule has 0 fully saturated rings. The van der Waals surface area contributed by atoms with Crippen molar-refractivity contribution in [3.63, 3.8) is 0 Å². The number of nitrogens with one attached hydrogen (secondary N) is 1. The van der Waals surface area contributed by atoms with E-state index in [9.17, 15) is 13.2 Å². The van der Waals surface area contributed by atoms with E-state index in [0.717, 1.165) is 6.42 Å². The minimum Gasteiger partial charge on any atom is -0.465 e. The van der Waals surface area contributed by atoms with Crippen molar-refractivity contribution >= 4 is 16.0 Å². The van der Waals surface area contributed by atoms with Crippen molar-refractivity contribution in [2.24, 2.45) is 5.92 Å². The molecule has 21 heavy (non-hydrogen) atoms. The normalized spacial score (nSPS) is 12.9. The maximum Gasteiger partial charge on any atom is 0.337 e. The van der Waals surface area contributed by atoms with Gasteiger partial charge in [0, 0.05) is 13.2 Å². The molecule has 0 aliphatic heterocycles. The molecule has 0 aromatic heterocycles. The summed E-state index contributed by atoms with van der Waals surface area (Å²) in [6.07, 6.45) is 1.37. The Morgan fingerprint density at radius 2 is 2.14 bits per heavy atom. The lowest BCUT2D eigenvalue weighted by molar-refractivity contribution is 0.0600. The van der Waals surface area contributed by atoms with Crippen molar-refractivity contribution in [2.45, 2.75) is 24.7 Å². The van der Waals surface area contributed by atoms with Crippen LogP contribution in [0, 0.1) is 5.92 Å². The maximum atomic E-state index is 12.1. The molecule has 7 heteroatoms. The molecule has 0 aliphatic rings. The summed E-state index contributed by atoms with van der Waals surface area (Å²) in [7, 11) is -2.41. The van der Waals surface area contributed by atoms with Gasteiger partial charge in [-0.05, 0) is 37.0 Å². The average molecular weight is 315 g/mol. The lowest BCUT2D eigenvalue weighted by Crippen LogP contribution is -2.25. The Kier molecular flexibility index (Phi) is 6.80. The Bertz CT molecular complexity index is 570. The van der Waals surface area contributed by atoms with Gasteiger partial charge < -0.3 is 9.84 Å². The molecule has 1 atom stereocenters. The van der Waals surface area contributed by atoms with E-state index in [1.807, 2.05) is 6.92 Å². The van der Waals surface area contributed by atoms with Gasteiger partial charge in [-0.1, -0.05) is 13.0 Å². The molecule has 2 N–H and O–H groups in total. The topological polar surface area (TPSA) is 92.7 Å². The summed E-state index contributed by atoms with van der Waals surface area (Å²) in [6.45, 7) is 2.28. The molecule has 0 amide bonds. The first kappa shape index (κ1) is 17.6. The lowest BCUT2D eigenvalue weighted by Gasteiger charge is -2.09. The number of rotatable bonds is 8. The monoisotopic (exact) mass is 315 g/mol. The van der Waals surface area contributed by atoms with Crippen molar-refractivity contribution < 1.29 is 23.1 Å². The molecule has 1 aromatic carbocycles. The molecule has 0 heterocycles. The highest BCUT2D eigenvalue weighted by atomic mass is 32.2. The molecule has 0 spiro atoms. The van der Waals surface area contributed by atoms with Gasteiger partial charge in [-0.25, -0.2) is 17.9 Å². The van der Waals surface area contributed by atoms with E-state index < -0.39 is 16.0 Å². The first-order valence-electron chi connectivity index (χ1n) is 6.69. The van der Waals surface area contributed by atoms with Gasteiger partial charge >= 0.3 is 5.97 Å². The van der Waals surface area contributed by atoms with Gasteiger partial charge in [0.25, 0.3) is 0 Å². The van der Waals surface area contributed by atoms with Crippen LogP contribution < -0.4 is 4.72 Å². The molecule has 0 aliphatic carbocycles. The number of carbonyl (C=O) groups excluding carboxylic acids is 1. The van der Waals surface area contributed by atoms with Gasteiger partial charge in [0.05, 0.1) is 17.6 Å². The largest absolute Gasteiger partial charge is 0.465 e. The molecule has 6 nitrogen and oxygen atoms in total. The first-order chi connectivity index (χ1) is 9.90. The van der Waals surface area contributed by atoms with E-state index in [2.05, 4.69) is 9.46 Å². The SMILES string of the molecule is COC(=O)c1cccc(S(=O)(=O)NCCCC(C)CO)c1. The summed E-state index contributed by atoms with van der Waals surface area (Å²) in [4.78, 5) is 11.4. The van der Waals surface area contributed by atoms with Crippen LogP contribution in [0.5, 0.6) is 0 Å². The van der Waals surface area contributed by atoms with E-state index in [1.165, 1.54) is 31.4 Å². The molecule has 0 bridgehead atoms. The van der Waals surface area contributed by atoms with E-state index in [1.54, 1.807) is 0 Å². The minimum absolute atomic E-state index is 0.0283. The molecule has 0 saturated carbocycles. The summed E-state index contributed by atoms with van der Waals surface area (Å²) in [5.74, 6) is -0.430. The van der Waals surface area contributed by atoms with Crippen molar-refractivity contribution in [3.8, 4) is 0 Å². The van der Waals surface area contributed by atoms with E-state index in [0.29, 0.717) is 6.42 Å². The fourth-order valence-corrected chi connectivity index (χ4v) is 2.86. The number of methoxy groups -OCH3 is 1. The molecule has 0 saturated heterocycles. The number of carbonyl (C=O) groups is 1. The van der Waals surface area contributed by atoms with Gasteiger partial charge in [-0.15, -0.1) is 0 Å². The van der Waals surface area contributed by atoms with Gasteiger partial charge in [-0.2, -0.15) is 0 Å². The summed E-state index contributed by atoms with van der Waals surface area (Å²) in [6, 6.07) is 5.69. The number of benzene rings is 1. The number of aliphatic hydroxyl groups excluding tert-OH is 1. The van der Waals surface area contributed by atoms with E-state index >= 15 is 0 Å². The van der Waals surface area contributed by atoms with Crippen LogP contribution in [0.3, 0.4) is 0 Å². The fraction of sp³-hybridized carbons (Fsp3) is 0.500. The Balaban J connectivity index is 2.68. The number of hydrogen-bond donors (Lipinski definition) is 2. The third-order valence-corrected chi connectivity index (χ3v) is 4.50. The first-order valence-corrected chi connectivity index (χ1v) is 8.18. The number of aliphatic hydroxyl groups is 1. The smallest absolute Gasteiger partial charge is 0.337 e. The van der Waals surface area contributed by atoms with Crippen LogP contribution in [0.15, 0.2) is 29.2 Å². The molecule has 1 unspecified atom stereocenters. The van der Waals surface area contributed by atoms with Crippen molar-refractivity contribution in [1.29, 1.82) is 0 Å². The highest BCUT2D eigenvalue weighted by Gasteiger charge is 2.16. The molecule has 1 rings (SSSR count). The van der Waals surface area contributed by atoms with E-state index in [-0.39, 0.29) is 29.5 Å². The van der Waals surface area contributed by atoms with E-state index in [4.69, 9.17) is 5.11 Å². The highest BCUT2D eigenvalue weighted by Crippen LogP contribution is 2.12. The Morgan fingerprint density at radius 3 is 2.76 bits per heavy atom. The number of sulfonamides is 1. The van der Waals surface area contributed by atoms with Crippen molar-refractivity contribution in [1.82, 2.24) is 4.72 Å². The molecule has 118 valence electrons. The molecule has 0 radical (unpaired) electrons. The lowest BCUT2D eigenvalue weighted by atomic mass is 10.1. The zero-order chi connectivity index (χ0) is 15.9. The Morgan fingerprint density at radius 1 is 1.43 bits per heavy atom. The second kappa shape index (κ2) is 8.11. The summed E-state index contributed by atoms with van der Waals surface area (Å²) >= 11 is 0. The quantitative estimate of drug-likeness (QED) is 0.555. The third-order valence-electron chi connectivity index (χ3n) is 3.04. The fourth-order valence-electron chi connectivity index (χ4n) is 1.74. The number of ether oxygens (including phenoxy) is 1. The van der Waals surface area contributed by atoms with Crippen LogP contribution in [-0.4, -0.2) is 39.8 Å². The molecular formula is C14H21NO5S. The third kappa shape index (κ3) is 5.45. The Labute approximate surface area is 125 Å².